The molecular formula is C15H29N3O2. The van der Waals surface area contributed by atoms with E-state index in [9.17, 15) is 4.79 Å². The molecule has 1 amide bonds. The van der Waals surface area contributed by atoms with E-state index in [4.69, 9.17) is 10.5 Å². The number of ether oxygens (including phenoxy) is 1. The molecule has 1 atom stereocenters. The number of carbonyl (C=O) groups excluding carboxylic acids is 1. The average molecular weight is 283 g/mol. The summed E-state index contributed by atoms with van der Waals surface area (Å²) in [5.74, 6) is 1.08. The van der Waals surface area contributed by atoms with E-state index in [0.29, 0.717) is 11.8 Å². The molecule has 0 radical (unpaired) electrons. The molecule has 2 aliphatic heterocycles. The molecule has 2 heterocycles. The van der Waals surface area contributed by atoms with Crippen molar-refractivity contribution in [2.45, 2.75) is 26.2 Å². The van der Waals surface area contributed by atoms with Crippen LogP contribution < -0.4 is 5.73 Å². The molecule has 5 heteroatoms. The Kier molecular flexibility index (Phi) is 6.26. The van der Waals surface area contributed by atoms with Crippen molar-refractivity contribution in [3.8, 4) is 0 Å². The largest absolute Gasteiger partial charge is 0.381 e. The molecule has 2 aliphatic rings. The van der Waals surface area contributed by atoms with Crippen LogP contribution in [0.1, 0.15) is 26.2 Å². The van der Waals surface area contributed by atoms with E-state index in [2.05, 4.69) is 16.7 Å². The molecule has 0 aromatic rings. The lowest BCUT2D eigenvalue weighted by molar-refractivity contribution is -0.138. The van der Waals surface area contributed by atoms with Crippen LogP contribution in [0.25, 0.3) is 0 Å². The van der Waals surface area contributed by atoms with Crippen LogP contribution in [0.5, 0.6) is 0 Å². The van der Waals surface area contributed by atoms with Crippen molar-refractivity contribution in [1.82, 2.24) is 9.80 Å². The standard InChI is InChI=1S/C15H29N3O2/c1-13(11-16)12-17-5-2-6-18(8-7-17)15(19)14-3-9-20-10-4-14/h13-14H,2-12,16H2,1H3. The molecule has 2 N–H and O–H groups in total. The van der Waals surface area contributed by atoms with Crippen LogP contribution in [-0.2, 0) is 9.53 Å². The van der Waals surface area contributed by atoms with Crippen LogP contribution in [0.4, 0.5) is 0 Å². The number of hydrogen-bond acceptors (Lipinski definition) is 4. The van der Waals surface area contributed by atoms with Crippen molar-refractivity contribution in [1.29, 1.82) is 0 Å². The summed E-state index contributed by atoms with van der Waals surface area (Å²) in [5.41, 5.74) is 5.70. The van der Waals surface area contributed by atoms with Crippen LogP contribution in [-0.4, -0.2) is 68.2 Å². The summed E-state index contributed by atoms with van der Waals surface area (Å²) in [6.07, 6.45) is 2.86. The smallest absolute Gasteiger partial charge is 0.225 e. The Balaban J connectivity index is 1.80. The van der Waals surface area contributed by atoms with Crippen LogP contribution in [0.15, 0.2) is 0 Å². The Labute approximate surface area is 122 Å². The Morgan fingerprint density at radius 1 is 1.25 bits per heavy atom. The maximum Gasteiger partial charge on any atom is 0.225 e. The zero-order valence-corrected chi connectivity index (χ0v) is 12.7. The molecular weight excluding hydrogens is 254 g/mol. The van der Waals surface area contributed by atoms with E-state index in [1.54, 1.807) is 0 Å². The molecule has 0 aliphatic carbocycles. The Morgan fingerprint density at radius 2 is 2.00 bits per heavy atom. The van der Waals surface area contributed by atoms with Crippen molar-refractivity contribution in [2.24, 2.45) is 17.6 Å². The predicted octanol–water partition coefficient (Wildman–Crippen LogP) is 0.542. The first-order chi connectivity index (χ1) is 9.70. The summed E-state index contributed by atoms with van der Waals surface area (Å²) >= 11 is 0. The second kappa shape index (κ2) is 7.96. The van der Waals surface area contributed by atoms with E-state index in [-0.39, 0.29) is 5.92 Å². The molecule has 2 saturated heterocycles. The number of hydrogen-bond donors (Lipinski definition) is 1. The Hall–Kier alpha value is -0.650. The van der Waals surface area contributed by atoms with E-state index in [1.807, 2.05) is 0 Å². The van der Waals surface area contributed by atoms with Gasteiger partial charge in [0.1, 0.15) is 0 Å². The number of nitrogens with two attached hydrogens (primary N) is 1. The SMILES string of the molecule is CC(CN)CN1CCCN(C(=O)C2CCOCC2)CC1. The third-order valence-corrected chi connectivity index (χ3v) is 4.44. The molecule has 0 spiro atoms. The van der Waals surface area contributed by atoms with Gasteiger partial charge in [0.2, 0.25) is 5.91 Å². The Morgan fingerprint density at radius 3 is 2.70 bits per heavy atom. The maximum atomic E-state index is 12.5. The molecule has 0 saturated carbocycles. The summed E-state index contributed by atoms with van der Waals surface area (Å²) in [6, 6.07) is 0. The summed E-state index contributed by atoms with van der Waals surface area (Å²) in [5, 5.41) is 0. The molecule has 20 heavy (non-hydrogen) atoms. The predicted molar refractivity (Wildman–Crippen MR) is 79.4 cm³/mol. The van der Waals surface area contributed by atoms with E-state index < -0.39 is 0 Å². The van der Waals surface area contributed by atoms with Gasteiger partial charge in [-0.15, -0.1) is 0 Å². The zero-order chi connectivity index (χ0) is 14.4. The fourth-order valence-corrected chi connectivity index (χ4v) is 3.09. The molecule has 116 valence electrons. The highest BCUT2D eigenvalue weighted by atomic mass is 16.5. The van der Waals surface area contributed by atoms with Gasteiger partial charge in [-0.2, -0.15) is 0 Å². The topological polar surface area (TPSA) is 58.8 Å². The van der Waals surface area contributed by atoms with Crippen LogP contribution in [0, 0.1) is 11.8 Å². The van der Waals surface area contributed by atoms with Gasteiger partial charge in [-0.1, -0.05) is 6.92 Å². The minimum absolute atomic E-state index is 0.193. The van der Waals surface area contributed by atoms with Crippen LogP contribution in [0.3, 0.4) is 0 Å². The highest BCUT2D eigenvalue weighted by molar-refractivity contribution is 5.79. The first-order valence-electron chi connectivity index (χ1n) is 7.99. The van der Waals surface area contributed by atoms with Crippen molar-refractivity contribution < 1.29 is 9.53 Å². The maximum absolute atomic E-state index is 12.5. The van der Waals surface area contributed by atoms with Crippen molar-refractivity contribution in [2.75, 3.05) is 52.5 Å². The van der Waals surface area contributed by atoms with Crippen LogP contribution >= 0.6 is 0 Å². The lowest BCUT2D eigenvalue weighted by Crippen LogP contribution is -2.41. The number of nitrogens with zero attached hydrogens (tertiary/aromatic N) is 2. The third-order valence-electron chi connectivity index (χ3n) is 4.44. The highest BCUT2D eigenvalue weighted by Crippen LogP contribution is 2.18. The first-order valence-corrected chi connectivity index (χ1v) is 7.99. The molecule has 0 bridgehead atoms. The van der Waals surface area contributed by atoms with E-state index in [1.165, 1.54) is 0 Å². The molecule has 2 fully saturated rings. The van der Waals surface area contributed by atoms with Gasteiger partial charge in [0.05, 0.1) is 0 Å². The lowest BCUT2D eigenvalue weighted by atomic mass is 9.98. The fraction of sp³-hybridized carbons (Fsp3) is 0.933. The quantitative estimate of drug-likeness (QED) is 0.818. The van der Waals surface area contributed by atoms with Gasteiger partial charge in [-0.25, -0.2) is 0 Å². The average Bonchev–Trinajstić information content (AvgIpc) is 2.73. The van der Waals surface area contributed by atoms with Gasteiger partial charge < -0.3 is 20.3 Å². The summed E-state index contributed by atoms with van der Waals surface area (Å²) in [6.45, 7) is 9.31. The van der Waals surface area contributed by atoms with Crippen molar-refractivity contribution in [3.63, 3.8) is 0 Å². The third kappa shape index (κ3) is 4.43. The molecule has 1 unspecified atom stereocenters. The summed E-state index contributed by atoms with van der Waals surface area (Å²) in [7, 11) is 0. The fourth-order valence-electron chi connectivity index (χ4n) is 3.09. The lowest BCUT2D eigenvalue weighted by Gasteiger charge is -2.28. The number of rotatable bonds is 4. The minimum atomic E-state index is 0.193. The van der Waals surface area contributed by atoms with E-state index in [0.717, 1.165) is 71.7 Å². The first kappa shape index (κ1) is 15.7. The minimum Gasteiger partial charge on any atom is -0.381 e. The van der Waals surface area contributed by atoms with Gasteiger partial charge >= 0.3 is 0 Å². The van der Waals surface area contributed by atoms with E-state index >= 15 is 0 Å². The van der Waals surface area contributed by atoms with Gasteiger partial charge in [0, 0.05) is 45.3 Å². The van der Waals surface area contributed by atoms with Gasteiger partial charge in [0.15, 0.2) is 0 Å². The van der Waals surface area contributed by atoms with Crippen LogP contribution in [0.2, 0.25) is 0 Å². The summed E-state index contributed by atoms with van der Waals surface area (Å²) < 4.78 is 5.34. The second-order valence-corrected chi connectivity index (χ2v) is 6.21. The number of carbonyl (C=O) groups is 1. The monoisotopic (exact) mass is 283 g/mol. The second-order valence-electron chi connectivity index (χ2n) is 6.21. The molecule has 5 nitrogen and oxygen atoms in total. The molecule has 0 aromatic carbocycles. The Bertz CT molecular complexity index is 305. The molecule has 0 aromatic heterocycles. The van der Waals surface area contributed by atoms with Gasteiger partial charge in [-0.3, -0.25) is 4.79 Å². The van der Waals surface area contributed by atoms with Crippen molar-refractivity contribution in [3.05, 3.63) is 0 Å². The number of amides is 1. The summed E-state index contributed by atoms with van der Waals surface area (Å²) in [4.78, 5) is 17.0. The normalized spacial score (nSPS) is 24.4. The molecule has 2 rings (SSSR count). The van der Waals surface area contributed by atoms with Crippen molar-refractivity contribution >= 4 is 5.91 Å². The zero-order valence-electron chi connectivity index (χ0n) is 12.7. The van der Waals surface area contributed by atoms with Gasteiger partial charge in [0.25, 0.3) is 0 Å². The highest BCUT2D eigenvalue weighted by Gasteiger charge is 2.27. The van der Waals surface area contributed by atoms with Gasteiger partial charge in [-0.05, 0) is 38.3 Å².